The van der Waals surface area contributed by atoms with E-state index < -0.39 is 0 Å². The monoisotopic (exact) mass is 513 g/mol. The van der Waals surface area contributed by atoms with Crippen molar-refractivity contribution in [3.8, 4) is 34.3 Å². The molecule has 0 aliphatic heterocycles. The first-order valence-corrected chi connectivity index (χ1v) is 13.4. The highest BCUT2D eigenvalue weighted by Crippen LogP contribution is 2.40. The maximum atomic E-state index is 10.9. The fourth-order valence-electron chi connectivity index (χ4n) is 5.13. The third kappa shape index (κ3) is 4.50. The van der Waals surface area contributed by atoms with Crippen molar-refractivity contribution in [1.29, 1.82) is 0 Å². The molecule has 1 N–H and O–H groups in total. The summed E-state index contributed by atoms with van der Waals surface area (Å²) in [6, 6.07) is 29.9. The highest BCUT2D eigenvalue weighted by molar-refractivity contribution is 6.09. The second-order valence-electron chi connectivity index (χ2n) is 10.5. The lowest BCUT2D eigenvalue weighted by Gasteiger charge is -2.15. The van der Waals surface area contributed by atoms with Crippen LogP contribution in [-0.4, -0.2) is 19.6 Å². The Morgan fingerprint density at radius 3 is 2.33 bits per heavy atom. The van der Waals surface area contributed by atoms with Gasteiger partial charge in [-0.25, -0.2) is 9.97 Å². The summed E-state index contributed by atoms with van der Waals surface area (Å²) in [5.41, 5.74) is 6.82. The average Bonchev–Trinajstić information content (AvgIpc) is 3.26. The summed E-state index contributed by atoms with van der Waals surface area (Å²) < 4.78 is 8.12. The zero-order valence-corrected chi connectivity index (χ0v) is 22.6. The summed E-state index contributed by atoms with van der Waals surface area (Å²) in [6.07, 6.45) is 1.72. The number of rotatable bonds is 6. The van der Waals surface area contributed by atoms with Gasteiger partial charge >= 0.3 is 0 Å². The Morgan fingerprint density at radius 1 is 0.769 bits per heavy atom. The minimum absolute atomic E-state index is 0.214. The van der Waals surface area contributed by atoms with Crippen LogP contribution >= 0.6 is 0 Å². The molecule has 3 aromatic heterocycles. The van der Waals surface area contributed by atoms with Gasteiger partial charge in [0, 0.05) is 28.6 Å². The third-order valence-electron chi connectivity index (χ3n) is 7.17. The fourth-order valence-corrected chi connectivity index (χ4v) is 5.13. The van der Waals surface area contributed by atoms with E-state index in [1.807, 2.05) is 54.6 Å². The van der Waals surface area contributed by atoms with Gasteiger partial charge in [-0.2, -0.15) is 0 Å². The van der Waals surface area contributed by atoms with Crippen molar-refractivity contribution >= 4 is 21.9 Å². The quantitative estimate of drug-likeness (QED) is 0.241. The molecule has 0 bridgehead atoms. The maximum absolute atomic E-state index is 10.9. The fraction of sp³-hybridized carbons (Fsp3) is 0.176. The van der Waals surface area contributed by atoms with Gasteiger partial charge in [-0.3, -0.25) is 4.57 Å². The van der Waals surface area contributed by atoms with Crippen molar-refractivity contribution in [2.45, 2.75) is 39.5 Å². The molecule has 0 saturated heterocycles. The first-order chi connectivity index (χ1) is 18.9. The molecule has 194 valence electrons. The number of nitrogens with zero attached hydrogens (tertiary/aromatic N) is 3. The molecule has 5 nitrogen and oxygen atoms in total. The Kier molecular flexibility index (Phi) is 6.27. The van der Waals surface area contributed by atoms with E-state index in [0.29, 0.717) is 23.2 Å². The Bertz CT molecular complexity index is 1800. The van der Waals surface area contributed by atoms with E-state index in [-0.39, 0.29) is 11.7 Å². The molecule has 0 aliphatic carbocycles. The number of fused-ring (bicyclic) bond motifs is 3. The molecule has 39 heavy (non-hydrogen) atoms. The average molecular weight is 514 g/mol. The smallest absolute Gasteiger partial charge is 0.219 e. The molecular formula is C34H31N3O2. The highest BCUT2D eigenvalue weighted by atomic mass is 16.5. The van der Waals surface area contributed by atoms with Gasteiger partial charge in [-0.15, -0.1) is 0 Å². The van der Waals surface area contributed by atoms with Crippen molar-refractivity contribution in [2.75, 3.05) is 0 Å². The molecule has 0 spiro atoms. The summed E-state index contributed by atoms with van der Waals surface area (Å²) in [4.78, 5) is 9.62. The van der Waals surface area contributed by atoms with Gasteiger partial charge in [0.15, 0.2) is 0 Å². The number of hydrogen-bond acceptors (Lipinski definition) is 4. The number of phenolic OH excluding ortho intramolecular Hbond substituents is 1. The topological polar surface area (TPSA) is 60.2 Å². The zero-order valence-electron chi connectivity index (χ0n) is 22.6. The van der Waals surface area contributed by atoms with Crippen molar-refractivity contribution in [2.24, 2.45) is 0 Å². The first kappa shape index (κ1) is 24.7. The van der Waals surface area contributed by atoms with Crippen LogP contribution in [0.1, 0.15) is 50.7 Å². The summed E-state index contributed by atoms with van der Waals surface area (Å²) in [6.45, 7) is 8.81. The van der Waals surface area contributed by atoms with Gasteiger partial charge in [0.05, 0.1) is 16.9 Å². The molecule has 0 fully saturated rings. The van der Waals surface area contributed by atoms with Crippen LogP contribution in [0.25, 0.3) is 38.9 Å². The molecule has 6 aromatic rings. The van der Waals surface area contributed by atoms with Gasteiger partial charge in [0.2, 0.25) is 5.88 Å². The number of aromatic hydroxyl groups is 1. The molecule has 0 saturated carbocycles. The largest absolute Gasteiger partial charge is 0.506 e. The summed E-state index contributed by atoms with van der Waals surface area (Å²) in [5, 5.41) is 13.1. The highest BCUT2D eigenvalue weighted by Gasteiger charge is 2.21. The number of para-hydroxylation sites is 2. The van der Waals surface area contributed by atoms with Crippen LogP contribution in [0, 0.1) is 0 Å². The standard InChI is InChI=1S/C34H31N3O2/c1-21(2)23-15-16-29-27(19-23)28-20-26(22(3)4)33(36-34(28)37(29)30-12-5-6-13-31(30)38)24-10-9-11-25(18-24)39-32-14-7-8-17-35-32/h5-22,38H,1-4H3. The molecule has 0 radical (unpaired) electrons. The van der Waals surface area contributed by atoms with E-state index in [9.17, 15) is 5.11 Å². The molecule has 0 amide bonds. The minimum Gasteiger partial charge on any atom is -0.506 e. The van der Waals surface area contributed by atoms with E-state index in [2.05, 4.69) is 67.6 Å². The first-order valence-electron chi connectivity index (χ1n) is 13.4. The number of benzene rings is 3. The Balaban J connectivity index is 1.63. The molecule has 3 aromatic carbocycles. The van der Waals surface area contributed by atoms with Gasteiger partial charge in [0.25, 0.3) is 0 Å². The Labute approximate surface area is 228 Å². The Morgan fingerprint density at radius 2 is 1.59 bits per heavy atom. The summed E-state index contributed by atoms with van der Waals surface area (Å²) in [7, 11) is 0. The molecular weight excluding hydrogens is 482 g/mol. The number of aromatic nitrogens is 3. The molecule has 3 heterocycles. The summed E-state index contributed by atoms with van der Waals surface area (Å²) >= 11 is 0. The maximum Gasteiger partial charge on any atom is 0.219 e. The lowest BCUT2D eigenvalue weighted by molar-refractivity contribution is 0.463. The van der Waals surface area contributed by atoms with Gasteiger partial charge < -0.3 is 9.84 Å². The molecule has 0 atom stereocenters. The Hall–Kier alpha value is -4.64. The third-order valence-corrected chi connectivity index (χ3v) is 7.17. The van der Waals surface area contributed by atoms with E-state index in [0.717, 1.165) is 38.8 Å². The predicted molar refractivity (Wildman–Crippen MR) is 158 cm³/mol. The normalized spacial score (nSPS) is 11.6. The van der Waals surface area contributed by atoms with Crippen LogP contribution in [0.3, 0.4) is 0 Å². The van der Waals surface area contributed by atoms with Crippen LogP contribution in [-0.2, 0) is 0 Å². The van der Waals surface area contributed by atoms with E-state index in [1.165, 1.54) is 5.56 Å². The molecule has 6 rings (SSSR count). The van der Waals surface area contributed by atoms with Crippen LogP contribution < -0.4 is 4.74 Å². The van der Waals surface area contributed by atoms with Crippen LogP contribution in [0.4, 0.5) is 0 Å². The minimum atomic E-state index is 0.214. The van der Waals surface area contributed by atoms with Crippen LogP contribution in [0.2, 0.25) is 0 Å². The zero-order chi connectivity index (χ0) is 27.1. The van der Waals surface area contributed by atoms with Crippen LogP contribution in [0.15, 0.2) is 97.2 Å². The van der Waals surface area contributed by atoms with Crippen molar-refractivity contribution in [1.82, 2.24) is 14.5 Å². The van der Waals surface area contributed by atoms with E-state index >= 15 is 0 Å². The number of pyridine rings is 2. The molecule has 0 aliphatic rings. The van der Waals surface area contributed by atoms with Gasteiger partial charge in [-0.1, -0.05) is 64.1 Å². The number of ether oxygens (including phenoxy) is 1. The van der Waals surface area contributed by atoms with Gasteiger partial charge in [-0.05, 0) is 71.5 Å². The van der Waals surface area contributed by atoms with Crippen molar-refractivity contribution < 1.29 is 9.84 Å². The van der Waals surface area contributed by atoms with E-state index in [4.69, 9.17) is 9.72 Å². The van der Waals surface area contributed by atoms with Crippen molar-refractivity contribution in [3.63, 3.8) is 0 Å². The molecule has 5 heteroatoms. The van der Waals surface area contributed by atoms with Gasteiger partial charge in [0.1, 0.15) is 17.1 Å². The second-order valence-corrected chi connectivity index (χ2v) is 10.5. The second kappa shape index (κ2) is 9.91. The van der Waals surface area contributed by atoms with E-state index in [1.54, 1.807) is 12.3 Å². The molecule has 0 unspecified atom stereocenters. The lowest BCUT2D eigenvalue weighted by atomic mass is 9.95. The lowest BCUT2D eigenvalue weighted by Crippen LogP contribution is -2.00. The predicted octanol–water partition coefficient (Wildman–Crippen LogP) is 8.99. The van der Waals surface area contributed by atoms with Crippen molar-refractivity contribution in [3.05, 3.63) is 108 Å². The number of phenols is 1. The number of hydrogen-bond donors (Lipinski definition) is 1. The summed E-state index contributed by atoms with van der Waals surface area (Å²) in [5.74, 6) is 2.10. The van der Waals surface area contributed by atoms with Crippen LogP contribution in [0.5, 0.6) is 17.4 Å². The SMILES string of the molecule is CC(C)c1ccc2c(c1)c1cc(C(C)C)c(-c3cccc(Oc4ccccn4)c3)nc1n2-c1ccccc1O.